The molecule has 0 radical (unpaired) electrons. The number of aromatic nitrogens is 1. The van der Waals surface area contributed by atoms with E-state index in [1.807, 2.05) is 25.1 Å². The Labute approximate surface area is 177 Å². The van der Waals surface area contributed by atoms with Crippen LogP contribution < -0.4 is 10.1 Å². The molecule has 0 fully saturated rings. The lowest BCUT2D eigenvalue weighted by Gasteiger charge is -2.15. The van der Waals surface area contributed by atoms with Crippen LogP contribution in [0.4, 0.5) is 0 Å². The van der Waals surface area contributed by atoms with Gasteiger partial charge in [-0.2, -0.15) is 4.99 Å². The fraction of sp³-hybridized carbons (Fsp3) is 0.286. The number of carbonyl (C=O) groups excluding carboxylic acids is 2. The molecule has 3 rings (SSSR count). The number of methoxy groups -OCH3 is 1. The van der Waals surface area contributed by atoms with Crippen molar-refractivity contribution >= 4 is 45.0 Å². The maximum atomic E-state index is 12.7. The van der Waals surface area contributed by atoms with Gasteiger partial charge in [0.25, 0.3) is 5.91 Å². The monoisotopic (exact) mass is 431 g/mol. The number of amides is 2. The molecule has 0 saturated heterocycles. The fourth-order valence-electron chi connectivity index (χ4n) is 2.92. The van der Waals surface area contributed by atoms with Crippen LogP contribution in [0.15, 0.2) is 47.5 Å². The van der Waals surface area contributed by atoms with Crippen molar-refractivity contribution in [3.05, 3.63) is 63.4 Å². The summed E-state index contributed by atoms with van der Waals surface area (Å²) in [6.07, 6.45) is 0. The van der Waals surface area contributed by atoms with Gasteiger partial charge in [-0.25, -0.2) is 0 Å². The number of fused-ring (bicyclic) bond motifs is 1. The third-order valence-corrected chi connectivity index (χ3v) is 5.68. The van der Waals surface area contributed by atoms with Gasteiger partial charge in [0, 0.05) is 24.2 Å². The number of rotatable bonds is 6. The van der Waals surface area contributed by atoms with Gasteiger partial charge in [-0.3, -0.25) is 9.59 Å². The number of hydrogen-bond donors (Lipinski definition) is 1. The molecule has 0 spiro atoms. The summed E-state index contributed by atoms with van der Waals surface area (Å²) in [6.45, 7) is 4.63. The van der Waals surface area contributed by atoms with Crippen LogP contribution in [0.25, 0.3) is 10.2 Å². The van der Waals surface area contributed by atoms with Crippen molar-refractivity contribution in [2.24, 2.45) is 4.99 Å². The molecule has 0 aliphatic rings. The lowest BCUT2D eigenvalue weighted by molar-refractivity contribution is -0.124. The van der Waals surface area contributed by atoms with Crippen LogP contribution in [0.5, 0.6) is 0 Å². The summed E-state index contributed by atoms with van der Waals surface area (Å²) < 4.78 is 7.74. The van der Waals surface area contributed by atoms with Crippen LogP contribution in [0.3, 0.4) is 0 Å². The maximum absolute atomic E-state index is 12.7. The second kappa shape index (κ2) is 9.35. The molecule has 29 heavy (non-hydrogen) atoms. The number of hydrogen-bond acceptors (Lipinski definition) is 4. The van der Waals surface area contributed by atoms with Crippen molar-refractivity contribution in [1.29, 1.82) is 0 Å². The molecule has 0 saturated carbocycles. The summed E-state index contributed by atoms with van der Waals surface area (Å²) in [6, 6.07) is 12.1. The van der Waals surface area contributed by atoms with E-state index in [1.54, 1.807) is 42.9 Å². The number of nitrogens with zero attached hydrogens (tertiary/aromatic N) is 2. The van der Waals surface area contributed by atoms with E-state index in [-0.39, 0.29) is 5.91 Å². The number of nitrogens with one attached hydrogen (secondary N) is 1. The Morgan fingerprint density at radius 1 is 1.28 bits per heavy atom. The van der Waals surface area contributed by atoms with Gasteiger partial charge in [0.15, 0.2) is 4.80 Å². The Hall–Kier alpha value is -2.48. The SMILES string of the molecule is COCCNC(=O)C(C)n1c(=NC(=O)c2cccc(Cl)c2)sc2cc(C)ccc21. The smallest absolute Gasteiger partial charge is 0.279 e. The summed E-state index contributed by atoms with van der Waals surface area (Å²) in [5.41, 5.74) is 2.35. The molecule has 6 nitrogen and oxygen atoms in total. The Balaban J connectivity index is 2.07. The average molecular weight is 432 g/mol. The highest BCUT2D eigenvalue weighted by molar-refractivity contribution is 7.16. The van der Waals surface area contributed by atoms with Gasteiger partial charge in [0.1, 0.15) is 6.04 Å². The molecule has 152 valence electrons. The van der Waals surface area contributed by atoms with Crippen LogP contribution in [-0.2, 0) is 9.53 Å². The number of halogens is 1. The second-order valence-electron chi connectivity index (χ2n) is 6.61. The zero-order valence-corrected chi connectivity index (χ0v) is 18.0. The molecule has 1 atom stereocenters. The quantitative estimate of drug-likeness (QED) is 0.604. The zero-order valence-electron chi connectivity index (χ0n) is 16.4. The van der Waals surface area contributed by atoms with Crippen molar-refractivity contribution in [2.75, 3.05) is 20.3 Å². The van der Waals surface area contributed by atoms with Gasteiger partial charge in [0.2, 0.25) is 5.91 Å². The topological polar surface area (TPSA) is 72.7 Å². The van der Waals surface area contributed by atoms with E-state index in [1.165, 1.54) is 11.3 Å². The molecule has 8 heteroatoms. The van der Waals surface area contributed by atoms with Gasteiger partial charge < -0.3 is 14.6 Å². The van der Waals surface area contributed by atoms with Crippen molar-refractivity contribution in [3.63, 3.8) is 0 Å². The van der Waals surface area contributed by atoms with E-state index in [2.05, 4.69) is 10.3 Å². The third kappa shape index (κ3) is 4.93. The molecular weight excluding hydrogens is 410 g/mol. The standard InChI is InChI=1S/C21H22ClN3O3S/c1-13-7-8-17-18(11-13)29-21(24-20(27)15-5-4-6-16(22)12-15)25(17)14(2)19(26)23-9-10-28-3/h4-8,11-12,14H,9-10H2,1-3H3,(H,23,26). The highest BCUT2D eigenvalue weighted by atomic mass is 35.5. The minimum absolute atomic E-state index is 0.168. The van der Waals surface area contributed by atoms with E-state index >= 15 is 0 Å². The molecule has 0 aliphatic heterocycles. The van der Waals surface area contributed by atoms with Gasteiger partial charge in [-0.1, -0.05) is 35.1 Å². The molecule has 1 heterocycles. The molecule has 1 N–H and O–H groups in total. The van der Waals surface area contributed by atoms with Crippen LogP contribution in [0.2, 0.25) is 5.02 Å². The Morgan fingerprint density at radius 3 is 2.79 bits per heavy atom. The van der Waals surface area contributed by atoms with Gasteiger partial charge >= 0.3 is 0 Å². The van der Waals surface area contributed by atoms with Crippen molar-refractivity contribution in [2.45, 2.75) is 19.9 Å². The van der Waals surface area contributed by atoms with Crippen LogP contribution in [0.1, 0.15) is 28.9 Å². The van der Waals surface area contributed by atoms with E-state index in [0.717, 1.165) is 15.8 Å². The summed E-state index contributed by atoms with van der Waals surface area (Å²) in [5, 5.41) is 3.31. The van der Waals surface area contributed by atoms with Gasteiger partial charge in [-0.15, -0.1) is 0 Å². The summed E-state index contributed by atoms with van der Waals surface area (Å²) >= 11 is 7.37. The first-order valence-electron chi connectivity index (χ1n) is 9.13. The predicted octanol–water partition coefficient (Wildman–Crippen LogP) is 3.73. The first kappa shape index (κ1) is 21.2. The molecule has 0 bridgehead atoms. The van der Waals surface area contributed by atoms with Crippen LogP contribution in [-0.4, -0.2) is 36.6 Å². The summed E-state index contributed by atoms with van der Waals surface area (Å²) in [4.78, 5) is 30.1. The molecule has 2 amide bonds. The largest absolute Gasteiger partial charge is 0.383 e. The lowest BCUT2D eigenvalue weighted by atomic mass is 10.2. The van der Waals surface area contributed by atoms with E-state index in [4.69, 9.17) is 16.3 Å². The number of carbonyl (C=O) groups is 2. The molecular formula is C21H22ClN3O3S. The molecule has 1 unspecified atom stereocenters. The van der Waals surface area contributed by atoms with Crippen molar-refractivity contribution in [1.82, 2.24) is 9.88 Å². The second-order valence-corrected chi connectivity index (χ2v) is 8.06. The average Bonchev–Trinajstić information content (AvgIpc) is 3.04. The van der Waals surface area contributed by atoms with E-state index in [9.17, 15) is 9.59 Å². The molecule has 0 aliphatic carbocycles. The summed E-state index contributed by atoms with van der Waals surface area (Å²) in [7, 11) is 1.58. The van der Waals surface area contributed by atoms with Crippen LogP contribution in [0, 0.1) is 6.92 Å². The molecule has 1 aromatic heterocycles. The first-order chi connectivity index (χ1) is 13.9. The highest BCUT2D eigenvalue weighted by Crippen LogP contribution is 2.22. The Kier molecular flexibility index (Phi) is 6.84. The minimum atomic E-state index is -0.547. The lowest BCUT2D eigenvalue weighted by Crippen LogP contribution is -2.36. The molecule has 2 aromatic carbocycles. The van der Waals surface area contributed by atoms with E-state index in [0.29, 0.717) is 28.5 Å². The van der Waals surface area contributed by atoms with Gasteiger partial charge in [0.05, 0.1) is 16.8 Å². The van der Waals surface area contributed by atoms with Crippen molar-refractivity contribution in [3.8, 4) is 0 Å². The van der Waals surface area contributed by atoms with Crippen molar-refractivity contribution < 1.29 is 14.3 Å². The highest BCUT2D eigenvalue weighted by Gasteiger charge is 2.20. The van der Waals surface area contributed by atoms with Crippen LogP contribution >= 0.6 is 22.9 Å². The minimum Gasteiger partial charge on any atom is -0.383 e. The van der Waals surface area contributed by atoms with E-state index < -0.39 is 11.9 Å². The Bertz CT molecular complexity index is 1120. The summed E-state index contributed by atoms with van der Waals surface area (Å²) in [5.74, 6) is -0.574. The number of aryl methyl sites for hydroxylation is 1. The molecule has 3 aromatic rings. The number of thiazole rings is 1. The van der Waals surface area contributed by atoms with Gasteiger partial charge in [-0.05, 0) is 49.7 Å². The third-order valence-electron chi connectivity index (χ3n) is 4.42. The zero-order chi connectivity index (χ0) is 21.0. The predicted molar refractivity (Wildman–Crippen MR) is 115 cm³/mol. The number of ether oxygens (including phenoxy) is 1. The fourth-order valence-corrected chi connectivity index (χ4v) is 4.30. The Morgan fingerprint density at radius 2 is 2.07 bits per heavy atom. The number of benzene rings is 2. The maximum Gasteiger partial charge on any atom is 0.279 e. The first-order valence-corrected chi connectivity index (χ1v) is 10.3. The normalized spacial score (nSPS) is 12.9.